The molecular weight excluding hydrogens is 509 g/mol. The minimum absolute atomic E-state index is 0.0256. The summed E-state index contributed by atoms with van der Waals surface area (Å²) in [5, 5.41) is 18.5. The molecule has 3 N–H and O–H groups in total. The van der Waals surface area contributed by atoms with E-state index in [4.69, 9.17) is 18.9 Å². The summed E-state index contributed by atoms with van der Waals surface area (Å²) in [7, 11) is 1.46. The minimum atomic E-state index is -4.28. The van der Waals surface area contributed by atoms with E-state index >= 15 is 0 Å². The molecule has 0 aliphatic rings. The van der Waals surface area contributed by atoms with Gasteiger partial charge in [0.15, 0.2) is 0 Å². The molecule has 2 atom stereocenters. The van der Waals surface area contributed by atoms with Gasteiger partial charge in [-0.15, -0.1) is 0 Å². The van der Waals surface area contributed by atoms with E-state index in [9.17, 15) is 19.4 Å². The molecule has 0 radical (unpaired) electrons. The molecule has 0 amide bonds. The van der Waals surface area contributed by atoms with Crippen LogP contribution in [0.5, 0.6) is 0 Å². The number of rotatable bonds is 23. The monoisotopic (exact) mass is 558 g/mol. The number of hydrogen-bond acceptors (Lipinski definition) is 7. The minimum Gasteiger partial charge on any atom is -0.460 e. The number of unbranched alkanes of at least 4 members (excludes halogenated alkanes) is 7. The van der Waals surface area contributed by atoms with Crippen molar-refractivity contribution >= 4 is 13.8 Å². The predicted molar refractivity (Wildman–Crippen MR) is 151 cm³/mol. The Bertz CT molecular complexity index is 799. The molecule has 0 fully saturated rings. The van der Waals surface area contributed by atoms with Crippen molar-refractivity contribution in [2.45, 2.75) is 57.5 Å². The van der Waals surface area contributed by atoms with Crippen molar-refractivity contribution in [3.8, 4) is 0 Å². The van der Waals surface area contributed by atoms with Gasteiger partial charge in [-0.1, -0.05) is 86.8 Å². The molecule has 0 spiro atoms. The van der Waals surface area contributed by atoms with Crippen LogP contribution in [0.15, 0.2) is 60.8 Å². The predicted octanol–water partition coefficient (Wildman–Crippen LogP) is 4.62. The quantitative estimate of drug-likeness (QED) is 0.0415. The third-order valence-corrected chi connectivity index (χ3v) is 6.02. The highest BCUT2D eigenvalue weighted by atomic mass is 31.2. The fraction of sp³-hybridized carbons (Fsp3) is 0.607. The summed E-state index contributed by atoms with van der Waals surface area (Å²) in [5.41, 5.74) is 0. The highest BCUT2D eigenvalue weighted by Gasteiger charge is 2.24. The third kappa shape index (κ3) is 27.2. The maximum atomic E-state index is 11.8. The maximum Gasteiger partial charge on any atom is 0.472 e. The molecular formula is C28H49NO8P+. The lowest BCUT2D eigenvalue weighted by atomic mass is 10.1. The molecule has 10 heteroatoms. The first-order valence-corrected chi connectivity index (χ1v) is 14.8. The van der Waals surface area contributed by atoms with Crippen LogP contribution in [-0.2, 0) is 23.1 Å². The number of esters is 1. The molecule has 1 unspecified atom stereocenters. The van der Waals surface area contributed by atoms with Crippen LogP contribution in [0.1, 0.15) is 51.4 Å². The lowest BCUT2D eigenvalue weighted by Crippen LogP contribution is -2.37. The largest absolute Gasteiger partial charge is 0.472 e. The van der Waals surface area contributed by atoms with Crippen LogP contribution < -0.4 is 0 Å². The van der Waals surface area contributed by atoms with Gasteiger partial charge in [0.25, 0.3) is 0 Å². The van der Waals surface area contributed by atoms with E-state index in [1.807, 2.05) is 51.5 Å². The summed E-state index contributed by atoms with van der Waals surface area (Å²) < 4.78 is 26.8. The zero-order valence-corrected chi connectivity index (χ0v) is 24.2. The SMILES string of the molecule is C[N+](C)(C)CCOP(=O)(O)OC[C@H](O)COC(=O)C=CC=CC=CC=CC=CCCCCCCCCCO. The lowest BCUT2D eigenvalue weighted by Gasteiger charge is -2.24. The molecule has 38 heavy (non-hydrogen) atoms. The van der Waals surface area contributed by atoms with E-state index in [2.05, 4.69) is 6.08 Å². The van der Waals surface area contributed by atoms with Gasteiger partial charge in [-0.25, -0.2) is 9.36 Å². The van der Waals surface area contributed by atoms with Crippen molar-refractivity contribution in [1.82, 2.24) is 0 Å². The van der Waals surface area contributed by atoms with Crippen molar-refractivity contribution in [1.29, 1.82) is 0 Å². The number of phosphoric ester groups is 1. The van der Waals surface area contributed by atoms with Crippen molar-refractivity contribution in [3.05, 3.63) is 60.8 Å². The molecule has 0 aliphatic heterocycles. The number of hydrogen-bond donors (Lipinski definition) is 3. The Labute approximate surface area is 229 Å². The van der Waals surface area contributed by atoms with E-state index in [0.29, 0.717) is 17.6 Å². The zero-order chi connectivity index (χ0) is 28.5. The number of allylic oxidation sites excluding steroid dienone is 9. The Morgan fingerprint density at radius 3 is 1.97 bits per heavy atom. The van der Waals surface area contributed by atoms with Crippen LogP contribution in [0, 0.1) is 0 Å². The highest BCUT2D eigenvalue weighted by molar-refractivity contribution is 7.47. The summed E-state index contributed by atoms with van der Waals surface area (Å²) in [4.78, 5) is 21.3. The number of carbonyl (C=O) groups excluding carboxylic acids is 1. The first kappa shape index (κ1) is 36.2. The van der Waals surface area contributed by atoms with Crippen LogP contribution >= 0.6 is 7.82 Å². The Morgan fingerprint density at radius 1 is 0.816 bits per heavy atom. The molecule has 0 aromatic carbocycles. The first-order chi connectivity index (χ1) is 18.1. The van der Waals surface area contributed by atoms with Crippen LogP contribution in [0.3, 0.4) is 0 Å². The standard InChI is InChI=1S/C28H48NO8P/c1-29(2,3)22-24-36-38(33,34)37-26-27(31)25-35-28(32)21-19-17-15-13-11-9-7-5-4-6-8-10-12-14-16-18-20-23-30/h4-5,7,9,11,13,15,17,19,21,27,30-31H,6,8,10,12,14,16,18,20,22-26H2,1-3H3/p+1/t27-/m1/s1. The molecule has 9 nitrogen and oxygen atoms in total. The van der Waals surface area contributed by atoms with Crippen molar-refractivity contribution < 1.29 is 42.7 Å². The Kier molecular flexibility index (Phi) is 22.0. The van der Waals surface area contributed by atoms with Crippen molar-refractivity contribution in [2.24, 2.45) is 0 Å². The van der Waals surface area contributed by atoms with E-state index in [0.717, 1.165) is 19.3 Å². The fourth-order valence-electron chi connectivity index (χ4n) is 2.87. The summed E-state index contributed by atoms with van der Waals surface area (Å²) in [5.74, 6) is -0.657. The van der Waals surface area contributed by atoms with Gasteiger partial charge in [-0.05, 0) is 19.3 Å². The number of likely N-dealkylation sites (N-methyl/N-ethyl adjacent to an activating group) is 1. The fourth-order valence-corrected chi connectivity index (χ4v) is 3.62. The molecule has 0 rings (SSSR count). The van der Waals surface area contributed by atoms with Gasteiger partial charge < -0.3 is 24.3 Å². The third-order valence-electron chi connectivity index (χ3n) is 5.04. The molecule has 0 aromatic heterocycles. The number of aliphatic hydroxyl groups excluding tert-OH is 2. The average molecular weight is 559 g/mol. The topological polar surface area (TPSA) is 123 Å². The first-order valence-electron chi connectivity index (χ1n) is 13.3. The number of quaternary nitrogens is 1. The second-order valence-electron chi connectivity index (χ2n) is 9.82. The van der Waals surface area contributed by atoms with Crippen LogP contribution in [0.4, 0.5) is 0 Å². The second kappa shape index (κ2) is 23.1. The van der Waals surface area contributed by atoms with Gasteiger partial charge in [0.05, 0.1) is 27.7 Å². The normalized spacial score (nSPS) is 15.4. The van der Waals surface area contributed by atoms with Crippen LogP contribution in [0.2, 0.25) is 0 Å². The van der Waals surface area contributed by atoms with Gasteiger partial charge in [-0.3, -0.25) is 9.05 Å². The summed E-state index contributed by atoms with van der Waals surface area (Å²) in [6, 6.07) is 0. The van der Waals surface area contributed by atoms with Gasteiger partial charge in [-0.2, -0.15) is 0 Å². The van der Waals surface area contributed by atoms with Gasteiger partial charge in [0.2, 0.25) is 0 Å². The van der Waals surface area contributed by atoms with Crippen molar-refractivity contribution in [2.75, 3.05) is 54.1 Å². The Hall–Kier alpha value is -1.84. The number of ether oxygens (including phenoxy) is 1. The molecule has 0 aromatic rings. The van der Waals surface area contributed by atoms with Crippen molar-refractivity contribution in [3.63, 3.8) is 0 Å². The molecule has 0 bridgehead atoms. The highest BCUT2D eigenvalue weighted by Crippen LogP contribution is 2.43. The lowest BCUT2D eigenvalue weighted by molar-refractivity contribution is -0.870. The van der Waals surface area contributed by atoms with E-state index < -0.39 is 26.5 Å². The number of aliphatic hydroxyl groups is 2. The molecule has 0 aliphatic carbocycles. The number of phosphoric acid groups is 1. The zero-order valence-electron chi connectivity index (χ0n) is 23.3. The van der Waals surface area contributed by atoms with Gasteiger partial charge >= 0.3 is 13.8 Å². The van der Waals surface area contributed by atoms with Gasteiger partial charge in [0.1, 0.15) is 25.9 Å². The summed E-state index contributed by atoms with van der Waals surface area (Å²) >= 11 is 0. The number of carbonyl (C=O) groups is 1. The van der Waals surface area contributed by atoms with E-state index in [1.165, 1.54) is 44.3 Å². The Morgan fingerprint density at radius 2 is 1.37 bits per heavy atom. The molecule has 0 saturated heterocycles. The average Bonchev–Trinajstić information content (AvgIpc) is 2.84. The second-order valence-corrected chi connectivity index (χ2v) is 11.3. The van der Waals surface area contributed by atoms with E-state index in [1.54, 1.807) is 12.2 Å². The molecule has 0 saturated carbocycles. The van der Waals surface area contributed by atoms with Crippen LogP contribution in [0.25, 0.3) is 0 Å². The Balaban J connectivity index is 3.90. The summed E-state index contributed by atoms with van der Waals surface area (Å²) in [6.45, 7) is -0.0481. The maximum absolute atomic E-state index is 11.8. The summed E-state index contributed by atoms with van der Waals surface area (Å²) in [6.07, 6.45) is 25.9. The number of nitrogens with zero attached hydrogens (tertiary/aromatic N) is 1. The smallest absolute Gasteiger partial charge is 0.460 e. The van der Waals surface area contributed by atoms with Crippen LogP contribution in [-0.4, -0.2) is 85.8 Å². The molecule has 0 heterocycles. The van der Waals surface area contributed by atoms with Gasteiger partial charge in [0, 0.05) is 12.7 Å². The van der Waals surface area contributed by atoms with E-state index in [-0.39, 0.29) is 13.2 Å². The molecule has 218 valence electrons.